The summed E-state index contributed by atoms with van der Waals surface area (Å²) in [5.41, 5.74) is 2.21. The van der Waals surface area contributed by atoms with Crippen molar-refractivity contribution in [1.29, 1.82) is 0 Å². The molecule has 1 aliphatic rings. The molecule has 0 saturated carbocycles. The van der Waals surface area contributed by atoms with Crippen molar-refractivity contribution < 1.29 is 17.9 Å². The predicted octanol–water partition coefficient (Wildman–Crippen LogP) is 3.46. The number of halogens is 1. The fourth-order valence-electron chi connectivity index (χ4n) is 3.11. The lowest BCUT2D eigenvalue weighted by Gasteiger charge is -2.31. The van der Waals surface area contributed by atoms with Gasteiger partial charge in [-0.15, -0.1) is 0 Å². The number of ether oxygens (including phenoxy) is 1. The third-order valence-corrected chi connectivity index (χ3v) is 6.70. The first-order chi connectivity index (χ1) is 14.2. The number of esters is 1. The summed E-state index contributed by atoms with van der Waals surface area (Å²) >= 11 is 11.2. The number of sulfone groups is 1. The van der Waals surface area contributed by atoms with Gasteiger partial charge in [-0.3, -0.25) is 0 Å². The number of rotatable bonds is 6. The Kier molecular flexibility index (Phi) is 6.80. The van der Waals surface area contributed by atoms with Gasteiger partial charge in [0, 0.05) is 10.7 Å². The summed E-state index contributed by atoms with van der Waals surface area (Å²) in [6.45, 7) is 3.80. The topological polar surface area (TPSA) is 84.5 Å². The molecular formula is C21H21ClN2O4S2. The smallest absolute Gasteiger partial charge is 0.338 e. The molecule has 0 saturated heterocycles. The zero-order chi connectivity index (χ0) is 21.9. The van der Waals surface area contributed by atoms with Crippen molar-refractivity contribution in [1.82, 2.24) is 10.6 Å². The van der Waals surface area contributed by atoms with Crippen LogP contribution in [0.5, 0.6) is 0 Å². The highest BCUT2D eigenvalue weighted by atomic mass is 35.5. The van der Waals surface area contributed by atoms with Gasteiger partial charge >= 0.3 is 5.97 Å². The molecule has 0 aromatic heterocycles. The third-order valence-electron chi connectivity index (χ3n) is 4.57. The number of carbonyl (C=O) groups excluding carboxylic acids is 1. The Balaban J connectivity index is 2.08. The summed E-state index contributed by atoms with van der Waals surface area (Å²) in [7, 11) is -3.77. The van der Waals surface area contributed by atoms with E-state index in [1.54, 1.807) is 6.92 Å². The van der Waals surface area contributed by atoms with Crippen LogP contribution in [-0.4, -0.2) is 31.9 Å². The van der Waals surface area contributed by atoms with Crippen molar-refractivity contribution in [3.05, 3.63) is 76.0 Å². The minimum Gasteiger partial charge on any atom is -0.463 e. The van der Waals surface area contributed by atoms with Gasteiger partial charge in [-0.2, -0.15) is 0 Å². The maximum atomic E-state index is 13.0. The molecule has 158 valence electrons. The van der Waals surface area contributed by atoms with Gasteiger partial charge in [0.2, 0.25) is 0 Å². The first kappa shape index (κ1) is 22.3. The van der Waals surface area contributed by atoms with E-state index >= 15 is 0 Å². The van der Waals surface area contributed by atoms with Crippen LogP contribution in [0.15, 0.2) is 64.7 Å². The Hall–Kier alpha value is -2.42. The van der Waals surface area contributed by atoms with Crippen LogP contribution in [0.3, 0.4) is 0 Å². The molecule has 1 atom stereocenters. The molecule has 1 heterocycles. The maximum absolute atomic E-state index is 13.0. The van der Waals surface area contributed by atoms with Crippen molar-refractivity contribution in [3.63, 3.8) is 0 Å². The molecule has 0 amide bonds. The summed E-state index contributed by atoms with van der Waals surface area (Å²) in [6, 6.07) is 12.8. The van der Waals surface area contributed by atoms with Crippen LogP contribution < -0.4 is 10.6 Å². The Morgan fingerprint density at radius 1 is 1.13 bits per heavy atom. The molecule has 2 aromatic carbocycles. The van der Waals surface area contributed by atoms with E-state index in [1.807, 2.05) is 31.2 Å². The van der Waals surface area contributed by atoms with E-state index in [0.29, 0.717) is 5.02 Å². The molecule has 1 unspecified atom stereocenters. The van der Waals surface area contributed by atoms with E-state index in [0.717, 1.165) is 11.1 Å². The highest BCUT2D eigenvalue weighted by molar-refractivity contribution is 7.91. The summed E-state index contributed by atoms with van der Waals surface area (Å²) in [4.78, 5) is 12.9. The molecule has 9 heteroatoms. The third kappa shape index (κ3) is 5.00. The van der Waals surface area contributed by atoms with Gasteiger partial charge in [-0.1, -0.05) is 41.4 Å². The normalized spacial score (nSPS) is 16.6. The standard InChI is InChI=1S/C21H21ClN2O4S2/c1-3-28-20(25)18-17(12-30(26,27)16-10-8-15(22)9-11-16)23-21(29)24-19(18)14-6-4-13(2)5-7-14/h4-11,19H,3,12H2,1-2H3,(H2,23,24,29). The molecule has 0 bridgehead atoms. The molecule has 1 aliphatic heterocycles. The van der Waals surface area contributed by atoms with E-state index in [4.69, 9.17) is 28.6 Å². The monoisotopic (exact) mass is 464 g/mol. The van der Waals surface area contributed by atoms with Crippen LogP contribution in [0.1, 0.15) is 24.1 Å². The Labute approximate surface area is 186 Å². The van der Waals surface area contributed by atoms with Crippen molar-refractivity contribution in [2.45, 2.75) is 24.8 Å². The molecule has 2 aromatic rings. The van der Waals surface area contributed by atoms with Gasteiger partial charge in [0.05, 0.1) is 28.9 Å². The molecule has 0 radical (unpaired) electrons. The lowest BCUT2D eigenvalue weighted by molar-refractivity contribution is -0.139. The van der Waals surface area contributed by atoms with Crippen molar-refractivity contribution in [3.8, 4) is 0 Å². The van der Waals surface area contributed by atoms with Gasteiger partial charge < -0.3 is 15.4 Å². The number of carbonyl (C=O) groups is 1. The highest BCUT2D eigenvalue weighted by Gasteiger charge is 2.34. The summed E-state index contributed by atoms with van der Waals surface area (Å²) in [5.74, 6) is -1.04. The number of thiocarbonyl (C=S) groups is 1. The molecule has 0 fully saturated rings. The van der Waals surface area contributed by atoms with Crippen molar-refractivity contribution >= 4 is 44.7 Å². The number of hydrogen-bond acceptors (Lipinski definition) is 5. The predicted molar refractivity (Wildman–Crippen MR) is 120 cm³/mol. The first-order valence-electron chi connectivity index (χ1n) is 9.24. The number of benzene rings is 2. The SMILES string of the molecule is CCOC(=O)C1=C(CS(=O)(=O)c2ccc(Cl)cc2)NC(=S)NC1c1ccc(C)cc1. The second kappa shape index (κ2) is 9.16. The van der Waals surface area contributed by atoms with Gasteiger partial charge in [-0.05, 0) is 55.9 Å². The molecule has 30 heavy (non-hydrogen) atoms. The fourth-order valence-corrected chi connectivity index (χ4v) is 4.80. The van der Waals surface area contributed by atoms with Gasteiger partial charge in [0.15, 0.2) is 14.9 Å². The maximum Gasteiger partial charge on any atom is 0.338 e. The molecule has 0 aliphatic carbocycles. The van der Waals surface area contributed by atoms with Crippen molar-refractivity contribution in [2.24, 2.45) is 0 Å². The largest absolute Gasteiger partial charge is 0.463 e. The van der Waals surface area contributed by atoms with Crippen LogP contribution >= 0.6 is 23.8 Å². The van der Waals surface area contributed by atoms with Crippen LogP contribution in [-0.2, 0) is 19.4 Å². The Bertz CT molecular complexity index is 1090. The number of nitrogens with one attached hydrogen (secondary N) is 2. The van der Waals surface area contributed by atoms with Gasteiger partial charge in [-0.25, -0.2) is 13.2 Å². The number of aryl methyl sites for hydroxylation is 1. The minimum atomic E-state index is -3.77. The highest BCUT2D eigenvalue weighted by Crippen LogP contribution is 2.29. The summed E-state index contributed by atoms with van der Waals surface area (Å²) < 4.78 is 31.2. The molecular weight excluding hydrogens is 444 g/mol. The van der Waals surface area contributed by atoms with Crippen LogP contribution in [0.4, 0.5) is 0 Å². The Morgan fingerprint density at radius 3 is 2.37 bits per heavy atom. The molecule has 6 nitrogen and oxygen atoms in total. The lowest BCUT2D eigenvalue weighted by atomic mass is 9.95. The first-order valence-corrected chi connectivity index (χ1v) is 11.7. The average Bonchev–Trinajstić information content (AvgIpc) is 2.68. The van der Waals surface area contributed by atoms with E-state index in [1.165, 1.54) is 24.3 Å². The fraction of sp³-hybridized carbons (Fsp3) is 0.238. The van der Waals surface area contributed by atoms with Gasteiger partial charge in [0.25, 0.3) is 0 Å². The van der Waals surface area contributed by atoms with E-state index < -0.39 is 27.6 Å². The zero-order valence-electron chi connectivity index (χ0n) is 16.4. The van der Waals surface area contributed by atoms with Crippen LogP contribution in [0, 0.1) is 6.92 Å². The molecule has 0 spiro atoms. The molecule has 2 N–H and O–H groups in total. The summed E-state index contributed by atoms with van der Waals surface area (Å²) in [5, 5.41) is 6.56. The van der Waals surface area contributed by atoms with E-state index in [9.17, 15) is 13.2 Å². The second-order valence-electron chi connectivity index (χ2n) is 6.77. The van der Waals surface area contributed by atoms with E-state index in [-0.39, 0.29) is 27.9 Å². The quantitative estimate of drug-likeness (QED) is 0.500. The van der Waals surface area contributed by atoms with Crippen LogP contribution in [0.2, 0.25) is 5.02 Å². The summed E-state index contributed by atoms with van der Waals surface area (Å²) in [6.07, 6.45) is 0. The Morgan fingerprint density at radius 2 is 1.77 bits per heavy atom. The van der Waals surface area contributed by atoms with Crippen LogP contribution in [0.25, 0.3) is 0 Å². The van der Waals surface area contributed by atoms with E-state index in [2.05, 4.69) is 10.6 Å². The van der Waals surface area contributed by atoms with Gasteiger partial charge in [0.1, 0.15) is 0 Å². The zero-order valence-corrected chi connectivity index (χ0v) is 18.8. The molecule has 3 rings (SSSR count). The second-order valence-corrected chi connectivity index (χ2v) is 9.60. The minimum absolute atomic E-state index is 0.0979. The lowest BCUT2D eigenvalue weighted by Crippen LogP contribution is -2.47. The number of hydrogen-bond donors (Lipinski definition) is 2. The van der Waals surface area contributed by atoms with Crippen molar-refractivity contribution in [2.75, 3.05) is 12.4 Å². The average molecular weight is 465 g/mol.